The van der Waals surface area contributed by atoms with E-state index in [4.69, 9.17) is 0 Å². The van der Waals surface area contributed by atoms with Crippen LogP contribution in [-0.4, -0.2) is 41.2 Å². The second kappa shape index (κ2) is 8.58. The van der Waals surface area contributed by atoms with Crippen molar-refractivity contribution in [3.05, 3.63) is 54.4 Å². The molecule has 0 bridgehead atoms. The number of likely N-dealkylation sites (N-methyl/N-ethyl adjacent to an activating group) is 1. The zero-order chi connectivity index (χ0) is 18.2. The first kappa shape index (κ1) is 18.1. The van der Waals surface area contributed by atoms with E-state index in [1.54, 1.807) is 43.7 Å². The fourth-order valence-electron chi connectivity index (χ4n) is 2.18. The van der Waals surface area contributed by atoms with Crippen molar-refractivity contribution in [3.63, 3.8) is 0 Å². The number of pyridine rings is 1. The Hall–Kier alpha value is -3.22. The maximum atomic E-state index is 12.2. The summed E-state index contributed by atoms with van der Waals surface area (Å²) >= 11 is 0. The quantitative estimate of drug-likeness (QED) is 0.810. The van der Waals surface area contributed by atoms with Gasteiger partial charge >= 0.3 is 11.8 Å². The lowest BCUT2D eigenvalue weighted by molar-refractivity contribution is -0.142. The molecule has 3 amide bonds. The first-order valence-electron chi connectivity index (χ1n) is 7.78. The second-order valence-electron chi connectivity index (χ2n) is 5.55. The van der Waals surface area contributed by atoms with Crippen LogP contribution in [0, 0.1) is 0 Å². The van der Waals surface area contributed by atoms with Crippen LogP contribution in [0.2, 0.25) is 0 Å². The summed E-state index contributed by atoms with van der Waals surface area (Å²) in [5.41, 5.74) is 2.02. The van der Waals surface area contributed by atoms with Crippen LogP contribution >= 0.6 is 0 Å². The minimum atomic E-state index is -0.725. The molecule has 0 fully saturated rings. The first-order valence-corrected chi connectivity index (χ1v) is 7.78. The maximum absolute atomic E-state index is 12.2. The van der Waals surface area contributed by atoms with Gasteiger partial charge in [0, 0.05) is 44.3 Å². The zero-order valence-electron chi connectivity index (χ0n) is 14.2. The number of carbonyl (C=O) groups excluding carboxylic acids is 3. The smallest absolute Gasteiger partial charge is 0.313 e. The minimum Gasteiger partial charge on any atom is -0.337 e. The van der Waals surface area contributed by atoms with Crippen LogP contribution in [-0.2, 0) is 20.8 Å². The van der Waals surface area contributed by atoms with Crippen LogP contribution in [0.4, 0.5) is 11.4 Å². The SMILES string of the molecule is CC(=O)Nc1cccc(NC(=O)C(=O)N(C)CCc2ccncc2)c1. The van der Waals surface area contributed by atoms with E-state index >= 15 is 0 Å². The van der Waals surface area contributed by atoms with Crippen LogP contribution < -0.4 is 10.6 Å². The predicted octanol–water partition coefficient (Wildman–Crippen LogP) is 1.68. The third-order valence-electron chi connectivity index (χ3n) is 3.47. The molecule has 0 aliphatic heterocycles. The number of aromatic nitrogens is 1. The normalized spacial score (nSPS) is 10.0. The van der Waals surface area contributed by atoms with E-state index in [1.165, 1.54) is 11.8 Å². The Morgan fingerprint density at radius 1 is 1.04 bits per heavy atom. The van der Waals surface area contributed by atoms with E-state index in [-0.39, 0.29) is 5.91 Å². The van der Waals surface area contributed by atoms with E-state index in [2.05, 4.69) is 15.6 Å². The summed E-state index contributed by atoms with van der Waals surface area (Å²) in [5.74, 6) is -1.56. The average molecular weight is 340 g/mol. The Morgan fingerprint density at radius 3 is 2.32 bits per heavy atom. The Bertz CT molecular complexity index is 762. The molecule has 7 heteroatoms. The number of amides is 3. The van der Waals surface area contributed by atoms with Gasteiger partial charge in [-0.2, -0.15) is 0 Å². The number of hydrogen-bond donors (Lipinski definition) is 2. The van der Waals surface area contributed by atoms with Gasteiger partial charge in [0.1, 0.15) is 0 Å². The molecule has 0 radical (unpaired) electrons. The standard InChI is InChI=1S/C18H20N4O3/c1-13(23)20-15-4-3-5-16(12-15)21-17(24)18(25)22(2)11-8-14-6-9-19-10-7-14/h3-7,9-10,12H,8,11H2,1-2H3,(H,20,23)(H,21,24). The molecule has 7 nitrogen and oxygen atoms in total. The van der Waals surface area contributed by atoms with Gasteiger partial charge < -0.3 is 15.5 Å². The molecule has 1 aromatic carbocycles. The highest BCUT2D eigenvalue weighted by Crippen LogP contribution is 2.15. The Balaban J connectivity index is 1.91. The third-order valence-corrected chi connectivity index (χ3v) is 3.47. The highest BCUT2D eigenvalue weighted by Gasteiger charge is 2.18. The van der Waals surface area contributed by atoms with Crippen molar-refractivity contribution in [1.82, 2.24) is 9.88 Å². The van der Waals surface area contributed by atoms with E-state index in [0.29, 0.717) is 24.3 Å². The summed E-state index contributed by atoms with van der Waals surface area (Å²) in [7, 11) is 1.58. The Labute approximate surface area is 146 Å². The molecule has 1 aromatic heterocycles. The highest BCUT2D eigenvalue weighted by molar-refractivity contribution is 6.39. The first-order chi connectivity index (χ1) is 12.0. The minimum absolute atomic E-state index is 0.213. The average Bonchev–Trinajstić information content (AvgIpc) is 2.59. The summed E-state index contributed by atoms with van der Waals surface area (Å²) in [6.45, 7) is 1.81. The van der Waals surface area contributed by atoms with E-state index in [1.807, 2.05) is 12.1 Å². The molecular weight excluding hydrogens is 320 g/mol. The molecule has 0 aliphatic rings. The van der Waals surface area contributed by atoms with Gasteiger partial charge in [-0.05, 0) is 42.3 Å². The van der Waals surface area contributed by atoms with Crippen LogP contribution in [0.5, 0.6) is 0 Å². The van der Waals surface area contributed by atoms with E-state index in [0.717, 1.165) is 5.56 Å². The summed E-state index contributed by atoms with van der Waals surface area (Å²) in [6, 6.07) is 10.3. The molecule has 2 rings (SSSR count). The summed E-state index contributed by atoms with van der Waals surface area (Å²) in [5, 5.41) is 5.16. The lowest BCUT2D eigenvalue weighted by Crippen LogP contribution is -2.38. The Kier molecular flexibility index (Phi) is 6.22. The second-order valence-corrected chi connectivity index (χ2v) is 5.55. The number of rotatable bonds is 5. The fraction of sp³-hybridized carbons (Fsp3) is 0.222. The molecule has 2 N–H and O–H groups in total. The van der Waals surface area contributed by atoms with Crippen molar-refractivity contribution in [2.75, 3.05) is 24.2 Å². The lowest BCUT2D eigenvalue weighted by Gasteiger charge is -2.16. The number of carbonyl (C=O) groups is 3. The van der Waals surface area contributed by atoms with Crippen LogP contribution in [0.15, 0.2) is 48.8 Å². The van der Waals surface area contributed by atoms with Crippen molar-refractivity contribution in [2.24, 2.45) is 0 Å². The fourth-order valence-corrected chi connectivity index (χ4v) is 2.18. The summed E-state index contributed by atoms with van der Waals surface area (Å²) in [4.78, 5) is 40.6. The van der Waals surface area contributed by atoms with Crippen molar-refractivity contribution in [3.8, 4) is 0 Å². The van der Waals surface area contributed by atoms with Crippen LogP contribution in [0.3, 0.4) is 0 Å². The van der Waals surface area contributed by atoms with Crippen LogP contribution in [0.1, 0.15) is 12.5 Å². The molecule has 0 saturated carbocycles. The van der Waals surface area contributed by atoms with Gasteiger partial charge in [0.2, 0.25) is 5.91 Å². The van der Waals surface area contributed by atoms with Crippen molar-refractivity contribution >= 4 is 29.1 Å². The monoisotopic (exact) mass is 340 g/mol. The lowest BCUT2D eigenvalue weighted by atomic mass is 10.2. The molecule has 0 unspecified atom stereocenters. The van der Waals surface area contributed by atoms with Crippen molar-refractivity contribution < 1.29 is 14.4 Å². The van der Waals surface area contributed by atoms with E-state index < -0.39 is 11.8 Å². The van der Waals surface area contributed by atoms with Gasteiger partial charge in [-0.1, -0.05) is 6.07 Å². The van der Waals surface area contributed by atoms with Gasteiger partial charge in [0.05, 0.1) is 0 Å². The van der Waals surface area contributed by atoms with Gasteiger partial charge in [-0.3, -0.25) is 19.4 Å². The number of hydrogen-bond acceptors (Lipinski definition) is 4. The van der Waals surface area contributed by atoms with Crippen molar-refractivity contribution in [2.45, 2.75) is 13.3 Å². The Morgan fingerprint density at radius 2 is 1.68 bits per heavy atom. The van der Waals surface area contributed by atoms with Crippen molar-refractivity contribution in [1.29, 1.82) is 0 Å². The molecular formula is C18H20N4O3. The van der Waals surface area contributed by atoms with Gasteiger partial charge in [-0.15, -0.1) is 0 Å². The molecule has 1 heterocycles. The largest absolute Gasteiger partial charge is 0.337 e. The predicted molar refractivity (Wildman–Crippen MR) is 95.0 cm³/mol. The molecule has 25 heavy (non-hydrogen) atoms. The topological polar surface area (TPSA) is 91.4 Å². The summed E-state index contributed by atoms with van der Waals surface area (Å²) < 4.78 is 0. The molecule has 0 saturated heterocycles. The molecule has 0 spiro atoms. The number of nitrogens with zero attached hydrogens (tertiary/aromatic N) is 2. The molecule has 0 aliphatic carbocycles. The van der Waals surface area contributed by atoms with E-state index in [9.17, 15) is 14.4 Å². The molecule has 2 aromatic rings. The maximum Gasteiger partial charge on any atom is 0.313 e. The zero-order valence-corrected chi connectivity index (χ0v) is 14.2. The number of anilines is 2. The summed E-state index contributed by atoms with van der Waals surface area (Å²) in [6.07, 6.45) is 4.01. The number of nitrogens with one attached hydrogen (secondary N) is 2. The third kappa shape index (κ3) is 5.72. The molecule has 0 atom stereocenters. The molecule has 130 valence electrons. The highest BCUT2D eigenvalue weighted by atomic mass is 16.2. The van der Waals surface area contributed by atoms with Crippen LogP contribution in [0.25, 0.3) is 0 Å². The van der Waals surface area contributed by atoms with Gasteiger partial charge in [0.25, 0.3) is 0 Å². The van der Waals surface area contributed by atoms with Gasteiger partial charge in [0.15, 0.2) is 0 Å². The number of benzene rings is 1. The van der Waals surface area contributed by atoms with Gasteiger partial charge in [-0.25, -0.2) is 0 Å².